The van der Waals surface area contributed by atoms with E-state index in [2.05, 4.69) is 11.8 Å². The molecule has 2 N–H and O–H groups in total. The SMILES string of the molecule is CO[C@H]1C[C@@H](C#Cc2ccc(N3C[C@H](C[C@](C)(C(=O)NO)S(C)(=O)=O)OC3=O)cc2)C[C@H]1OC. The fraction of sp³-hybridized carbons (Fsp3) is 0.565. The van der Waals surface area contributed by atoms with Crippen LogP contribution in [0.4, 0.5) is 10.5 Å². The van der Waals surface area contributed by atoms with Crippen LogP contribution in [-0.2, 0) is 28.8 Å². The number of hydrogen-bond acceptors (Lipinski definition) is 8. The number of cyclic esters (lactones) is 1. The second kappa shape index (κ2) is 10.3. The standard InChI is InChI=1S/C23H30N2O8S/c1-23(21(26)24-28,34(4,29)30)13-18-14-25(22(27)33-18)17-9-7-15(8-10-17)5-6-16-11-19(31-2)20(12-16)32-3/h7-10,16,18-20,28H,11-14H2,1-4H3,(H,24,26)/t16-,18-,19+,20-,23+/m0/s1. The van der Waals surface area contributed by atoms with Gasteiger partial charge in [0.1, 0.15) is 6.10 Å². The van der Waals surface area contributed by atoms with E-state index in [4.69, 9.17) is 19.4 Å². The molecule has 0 unspecified atom stereocenters. The van der Waals surface area contributed by atoms with Crippen LogP contribution in [0.25, 0.3) is 0 Å². The zero-order chi connectivity index (χ0) is 25.1. The molecule has 186 valence electrons. The molecular weight excluding hydrogens is 464 g/mol. The van der Waals surface area contributed by atoms with Crippen molar-refractivity contribution in [3.8, 4) is 11.8 Å². The first-order valence-corrected chi connectivity index (χ1v) is 12.7. The zero-order valence-corrected chi connectivity index (χ0v) is 20.4. The van der Waals surface area contributed by atoms with Gasteiger partial charge < -0.3 is 14.2 Å². The predicted octanol–water partition coefficient (Wildman–Crippen LogP) is 1.50. The van der Waals surface area contributed by atoms with Crippen molar-refractivity contribution < 1.29 is 37.4 Å². The van der Waals surface area contributed by atoms with Gasteiger partial charge in [0, 0.05) is 44.1 Å². The summed E-state index contributed by atoms with van der Waals surface area (Å²) in [6.45, 7) is 1.25. The fourth-order valence-corrected chi connectivity index (χ4v) is 5.16. The van der Waals surface area contributed by atoms with Crippen LogP contribution in [0.5, 0.6) is 0 Å². The van der Waals surface area contributed by atoms with Crippen molar-refractivity contribution in [1.29, 1.82) is 0 Å². The Morgan fingerprint density at radius 1 is 1.24 bits per heavy atom. The number of anilines is 1. The maximum atomic E-state index is 12.4. The molecule has 1 saturated heterocycles. The minimum atomic E-state index is -3.91. The molecule has 1 aliphatic heterocycles. The van der Waals surface area contributed by atoms with Crippen LogP contribution < -0.4 is 10.4 Å². The summed E-state index contributed by atoms with van der Waals surface area (Å²) in [6, 6.07) is 7.04. The Kier molecular flexibility index (Phi) is 7.88. The first-order chi connectivity index (χ1) is 16.0. The third-order valence-electron chi connectivity index (χ3n) is 6.54. The molecule has 0 bridgehead atoms. The van der Waals surface area contributed by atoms with Gasteiger partial charge in [0.25, 0.3) is 5.91 Å². The first kappa shape index (κ1) is 26.0. The molecule has 0 spiro atoms. The molecule has 1 aromatic rings. The molecular formula is C23H30N2O8S. The first-order valence-electron chi connectivity index (χ1n) is 10.8. The Labute approximate surface area is 199 Å². The molecule has 5 atom stereocenters. The lowest BCUT2D eigenvalue weighted by Gasteiger charge is -2.26. The van der Waals surface area contributed by atoms with Crippen LogP contribution >= 0.6 is 0 Å². The molecule has 3 rings (SSSR count). The highest BCUT2D eigenvalue weighted by molar-refractivity contribution is 7.92. The van der Waals surface area contributed by atoms with Crippen molar-refractivity contribution in [3.63, 3.8) is 0 Å². The second-order valence-electron chi connectivity index (χ2n) is 8.80. The Morgan fingerprint density at radius 2 is 1.82 bits per heavy atom. The molecule has 0 radical (unpaired) electrons. The van der Waals surface area contributed by atoms with Gasteiger partial charge in [0.15, 0.2) is 14.6 Å². The van der Waals surface area contributed by atoms with E-state index in [1.54, 1.807) is 38.5 Å². The van der Waals surface area contributed by atoms with Gasteiger partial charge >= 0.3 is 6.09 Å². The van der Waals surface area contributed by atoms with Gasteiger partial charge in [-0.05, 0) is 44.0 Å². The van der Waals surface area contributed by atoms with E-state index in [1.165, 1.54) is 17.3 Å². The summed E-state index contributed by atoms with van der Waals surface area (Å²) in [5.41, 5.74) is 2.74. The molecule has 1 aliphatic carbocycles. The Bertz CT molecular complexity index is 1070. The highest BCUT2D eigenvalue weighted by atomic mass is 32.2. The van der Waals surface area contributed by atoms with E-state index < -0.39 is 32.7 Å². The Hall–Kier alpha value is -2.65. The monoisotopic (exact) mass is 494 g/mol. The zero-order valence-electron chi connectivity index (χ0n) is 19.6. The van der Waals surface area contributed by atoms with Crippen molar-refractivity contribution in [3.05, 3.63) is 29.8 Å². The van der Waals surface area contributed by atoms with E-state index in [9.17, 15) is 18.0 Å². The molecule has 10 nitrogen and oxygen atoms in total. The molecule has 2 amide bonds. The number of benzene rings is 1. The number of amides is 2. The lowest BCUT2D eigenvalue weighted by Crippen LogP contribution is -2.51. The van der Waals surface area contributed by atoms with Crippen LogP contribution in [0, 0.1) is 17.8 Å². The highest BCUT2D eigenvalue weighted by Gasteiger charge is 2.48. The molecule has 1 saturated carbocycles. The number of carbonyl (C=O) groups is 2. The minimum absolute atomic E-state index is 0.0359. The molecule has 1 aromatic carbocycles. The predicted molar refractivity (Wildman–Crippen MR) is 123 cm³/mol. The number of carbonyl (C=O) groups excluding carboxylic acids is 2. The van der Waals surface area contributed by atoms with Gasteiger partial charge in [0.05, 0.1) is 18.8 Å². The average molecular weight is 495 g/mol. The summed E-state index contributed by atoms with van der Waals surface area (Å²) >= 11 is 0. The summed E-state index contributed by atoms with van der Waals surface area (Å²) in [6.07, 6.45) is 0.787. The van der Waals surface area contributed by atoms with E-state index in [0.717, 1.165) is 24.7 Å². The summed E-state index contributed by atoms with van der Waals surface area (Å²) < 4.78 is 38.6. The summed E-state index contributed by atoms with van der Waals surface area (Å²) in [5, 5.41) is 8.97. The maximum absolute atomic E-state index is 12.4. The van der Waals surface area contributed by atoms with E-state index >= 15 is 0 Å². The van der Waals surface area contributed by atoms with E-state index in [0.29, 0.717) is 5.69 Å². The molecule has 1 heterocycles. The van der Waals surface area contributed by atoms with Crippen molar-refractivity contribution in [2.75, 3.05) is 31.9 Å². The fourth-order valence-electron chi connectivity index (χ4n) is 4.29. The lowest BCUT2D eigenvalue weighted by atomic mass is 10.0. The van der Waals surface area contributed by atoms with Crippen LogP contribution in [-0.4, -0.2) is 75.7 Å². The largest absolute Gasteiger partial charge is 0.444 e. The highest BCUT2D eigenvalue weighted by Crippen LogP contribution is 2.31. The normalized spacial score (nSPS) is 26.4. The number of hydrogen-bond donors (Lipinski definition) is 2. The van der Waals surface area contributed by atoms with Gasteiger partial charge in [-0.3, -0.25) is 14.9 Å². The number of nitrogens with one attached hydrogen (secondary N) is 1. The van der Waals surface area contributed by atoms with Gasteiger partial charge in [0.2, 0.25) is 0 Å². The van der Waals surface area contributed by atoms with Crippen molar-refractivity contribution in [1.82, 2.24) is 5.48 Å². The summed E-state index contributed by atoms with van der Waals surface area (Å²) in [4.78, 5) is 25.8. The third-order valence-corrected chi connectivity index (χ3v) is 8.53. The van der Waals surface area contributed by atoms with Gasteiger partial charge in [-0.25, -0.2) is 18.7 Å². The summed E-state index contributed by atoms with van der Waals surface area (Å²) in [5.74, 6) is 5.50. The smallest absolute Gasteiger partial charge is 0.414 e. The second-order valence-corrected chi connectivity index (χ2v) is 11.2. The average Bonchev–Trinajstić information content (AvgIpc) is 3.38. The minimum Gasteiger partial charge on any atom is -0.444 e. The van der Waals surface area contributed by atoms with Crippen LogP contribution in [0.15, 0.2) is 24.3 Å². The van der Waals surface area contributed by atoms with Crippen molar-refractivity contribution in [2.45, 2.75) is 49.2 Å². The van der Waals surface area contributed by atoms with Crippen LogP contribution in [0.1, 0.15) is 31.7 Å². The topological polar surface area (TPSA) is 131 Å². The number of hydroxylamine groups is 1. The number of nitrogens with zero attached hydrogens (tertiary/aromatic N) is 1. The Morgan fingerprint density at radius 3 is 2.32 bits per heavy atom. The van der Waals surface area contributed by atoms with Gasteiger partial charge in [-0.1, -0.05) is 11.8 Å². The Balaban J connectivity index is 1.67. The third kappa shape index (κ3) is 5.36. The number of rotatable bonds is 7. The number of sulfone groups is 1. The number of methoxy groups -OCH3 is 2. The quantitative estimate of drug-likeness (QED) is 0.331. The van der Waals surface area contributed by atoms with Crippen molar-refractivity contribution >= 4 is 27.5 Å². The van der Waals surface area contributed by atoms with E-state index in [-0.39, 0.29) is 31.1 Å². The molecule has 2 fully saturated rings. The molecule has 2 aliphatic rings. The van der Waals surface area contributed by atoms with Crippen LogP contribution in [0.3, 0.4) is 0 Å². The molecule has 34 heavy (non-hydrogen) atoms. The summed E-state index contributed by atoms with van der Waals surface area (Å²) in [7, 11) is -0.568. The van der Waals surface area contributed by atoms with E-state index in [1.807, 2.05) is 0 Å². The molecule has 11 heteroatoms. The van der Waals surface area contributed by atoms with Gasteiger partial charge in [-0.2, -0.15) is 0 Å². The maximum Gasteiger partial charge on any atom is 0.414 e. The van der Waals surface area contributed by atoms with Crippen molar-refractivity contribution in [2.24, 2.45) is 5.92 Å². The number of ether oxygens (including phenoxy) is 3. The molecule has 0 aromatic heterocycles. The van der Waals surface area contributed by atoms with Gasteiger partial charge in [-0.15, -0.1) is 0 Å². The lowest BCUT2D eigenvalue weighted by molar-refractivity contribution is -0.132. The van der Waals surface area contributed by atoms with Crippen LogP contribution in [0.2, 0.25) is 0 Å².